The van der Waals surface area contributed by atoms with Crippen LogP contribution in [0, 0.1) is 10.1 Å². The monoisotopic (exact) mass is 330 g/mol. The standard InChI is InChI=1S/C14H16F2N2O5/c1-3-4-7-22-9(2)13(19)17-11-8-10(18(20)21)5-6-12(11)23-14(15)16/h3,5-6,8-9,14H,1,4,7H2,2H3,(H,17,19). The Morgan fingerprint density at radius 3 is 2.78 bits per heavy atom. The number of alkyl halides is 2. The van der Waals surface area contributed by atoms with E-state index in [9.17, 15) is 23.7 Å². The van der Waals surface area contributed by atoms with Crippen LogP contribution < -0.4 is 10.1 Å². The summed E-state index contributed by atoms with van der Waals surface area (Å²) in [6.45, 7) is 2.09. The predicted octanol–water partition coefficient (Wildman–Crippen LogP) is 3.12. The zero-order valence-corrected chi connectivity index (χ0v) is 12.3. The van der Waals surface area contributed by atoms with Crippen molar-refractivity contribution in [2.75, 3.05) is 11.9 Å². The van der Waals surface area contributed by atoms with E-state index >= 15 is 0 Å². The summed E-state index contributed by atoms with van der Waals surface area (Å²) in [5.74, 6) is -1.02. The summed E-state index contributed by atoms with van der Waals surface area (Å²) in [4.78, 5) is 22.0. The highest BCUT2D eigenvalue weighted by Crippen LogP contribution is 2.30. The third-order valence-electron chi connectivity index (χ3n) is 2.71. The Kier molecular flexibility index (Phi) is 7.07. The minimum atomic E-state index is -3.13. The van der Waals surface area contributed by atoms with Crippen molar-refractivity contribution < 1.29 is 28.0 Å². The maximum absolute atomic E-state index is 12.4. The van der Waals surface area contributed by atoms with Gasteiger partial charge < -0.3 is 14.8 Å². The van der Waals surface area contributed by atoms with Crippen molar-refractivity contribution >= 4 is 17.3 Å². The van der Waals surface area contributed by atoms with E-state index in [0.717, 1.165) is 18.2 Å². The number of rotatable bonds is 9. The van der Waals surface area contributed by atoms with Crippen LogP contribution in [-0.4, -0.2) is 30.2 Å². The maximum atomic E-state index is 12.4. The van der Waals surface area contributed by atoms with Crippen molar-refractivity contribution in [3.63, 3.8) is 0 Å². The lowest BCUT2D eigenvalue weighted by Crippen LogP contribution is -2.28. The molecule has 7 nitrogen and oxygen atoms in total. The van der Waals surface area contributed by atoms with E-state index in [4.69, 9.17) is 4.74 Å². The fraction of sp³-hybridized carbons (Fsp3) is 0.357. The van der Waals surface area contributed by atoms with Gasteiger partial charge >= 0.3 is 6.61 Å². The van der Waals surface area contributed by atoms with Gasteiger partial charge in [-0.25, -0.2) is 0 Å². The molecule has 0 aliphatic carbocycles. The van der Waals surface area contributed by atoms with Crippen LogP contribution in [0.15, 0.2) is 30.9 Å². The van der Waals surface area contributed by atoms with Gasteiger partial charge in [-0.15, -0.1) is 6.58 Å². The van der Waals surface area contributed by atoms with Crippen LogP contribution in [0.25, 0.3) is 0 Å². The van der Waals surface area contributed by atoms with E-state index in [0.29, 0.717) is 6.42 Å². The molecular formula is C14H16F2N2O5. The molecule has 0 heterocycles. The molecule has 1 amide bonds. The molecule has 0 fully saturated rings. The smallest absolute Gasteiger partial charge is 0.387 e. The number of anilines is 1. The Hall–Kier alpha value is -2.55. The van der Waals surface area contributed by atoms with E-state index in [1.807, 2.05) is 0 Å². The molecule has 0 aliphatic rings. The highest BCUT2D eigenvalue weighted by molar-refractivity contribution is 5.95. The average Bonchev–Trinajstić information content (AvgIpc) is 2.48. The fourth-order valence-corrected chi connectivity index (χ4v) is 1.57. The number of ether oxygens (including phenoxy) is 2. The van der Waals surface area contributed by atoms with Gasteiger partial charge in [-0.3, -0.25) is 14.9 Å². The molecule has 0 saturated heterocycles. The van der Waals surface area contributed by atoms with Crippen LogP contribution in [0.5, 0.6) is 5.75 Å². The largest absolute Gasteiger partial charge is 0.433 e. The summed E-state index contributed by atoms with van der Waals surface area (Å²) in [5.41, 5.74) is -0.606. The molecule has 1 N–H and O–H groups in total. The lowest BCUT2D eigenvalue weighted by molar-refractivity contribution is -0.384. The third-order valence-corrected chi connectivity index (χ3v) is 2.71. The van der Waals surface area contributed by atoms with Gasteiger partial charge in [-0.05, 0) is 19.4 Å². The van der Waals surface area contributed by atoms with Gasteiger partial charge in [-0.2, -0.15) is 8.78 Å². The van der Waals surface area contributed by atoms with Crippen molar-refractivity contribution in [2.24, 2.45) is 0 Å². The molecule has 0 aromatic heterocycles. The number of halogens is 2. The Labute approximate surface area is 131 Å². The summed E-state index contributed by atoms with van der Waals surface area (Å²) in [6, 6.07) is 2.92. The zero-order chi connectivity index (χ0) is 17.4. The molecule has 9 heteroatoms. The molecule has 1 atom stereocenters. The lowest BCUT2D eigenvalue weighted by Gasteiger charge is -2.15. The highest BCUT2D eigenvalue weighted by Gasteiger charge is 2.19. The van der Waals surface area contributed by atoms with E-state index in [1.54, 1.807) is 6.08 Å². The Morgan fingerprint density at radius 1 is 1.52 bits per heavy atom. The highest BCUT2D eigenvalue weighted by atomic mass is 19.3. The summed E-state index contributed by atoms with van der Waals surface area (Å²) in [5, 5.41) is 13.0. The number of hydrogen-bond acceptors (Lipinski definition) is 5. The number of nitro groups is 1. The molecule has 0 aliphatic heterocycles. The molecule has 0 saturated carbocycles. The van der Waals surface area contributed by atoms with Crippen LogP contribution >= 0.6 is 0 Å². The molecule has 1 aromatic carbocycles. The Bertz CT molecular complexity index is 580. The van der Waals surface area contributed by atoms with Crippen molar-refractivity contribution in [1.29, 1.82) is 0 Å². The molecule has 0 radical (unpaired) electrons. The van der Waals surface area contributed by atoms with Gasteiger partial charge in [0.05, 0.1) is 17.2 Å². The van der Waals surface area contributed by atoms with Gasteiger partial charge in [-0.1, -0.05) is 6.08 Å². The van der Waals surface area contributed by atoms with Crippen LogP contribution in [0.4, 0.5) is 20.2 Å². The van der Waals surface area contributed by atoms with Crippen LogP contribution in [0.3, 0.4) is 0 Å². The van der Waals surface area contributed by atoms with E-state index < -0.39 is 23.5 Å². The van der Waals surface area contributed by atoms with Crippen molar-refractivity contribution in [2.45, 2.75) is 26.1 Å². The second-order valence-electron chi connectivity index (χ2n) is 4.40. The van der Waals surface area contributed by atoms with Gasteiger partial charge in [0.2, 0.25) is 0 Å². The van der Waals surface area contributed by atoms with E-state index in [1.165, 1.54) is 6.92 Å². The van der Waals surface area contributed by atoms with Gasteiger partial charge in [0.1, 0.15) is 11.9 Å². The minimum absolute atomic E-state index is 0.233. The first-order valence-corrected chi connectivity index (χ1v) is 6.61. The maximum Gasteiger partial charge on any atom is 0.387 e. The lowest BCUT2D eigenvalue weighted by atomic mass is 10.2. The number of nitrogens with zero attached hydrogens (tertiary/aromatic N) is 1. The van der Waals surface area contributed by atoms with Crippen LogP contribution in [0.2, 0.25) is 0 Å². The Balaban J connectivity index is 2.90. The SMILES string of the molecule is C=CCCOC(C)C(=O)Nc1cc([N+](=O)[O-])ccc1OC(F)F. The van der Waals surface area contributed by atoms with Crippen molar-refractivity contribution in [3.8, 4) is 5.75 Å². The van der Waals surface area contributed by atoms with E-state index in [-0.39, 0.29) is 23.7 Å². The number of carbonyl (C=O) groups is 1. The number of hydrogen-bond donors (Lipinski definition) is 1. The van der Waals surface area contributed by atoms with Crippen LogP contribution in [0.1, 0.15) is 13.3 Å². The molecule has 126 valence electrons. The first kappa shape index (κ1) is 18.5. The molecule has 1 unspecified atom stereocenters. The molecule has 23 heavy (non-hydrogen) atoms. The van der Waals surface area contributed by atoms with E-state index in [2.05, 4.69) is 16.6 Å². The molecule has 1 aromatic rings. The minimum Gasteiger partial charge on any atom is -0.433 e. The average molecular weight is 330 g/mol. The van der Waals surface area contributed by atoms with Crippen molar-refractivity contribution in [1.82, 2.24) is 0 Å². The second kappa shape index (κ2) is 8.79. The molecular weight excluding hydrogens is 314 g/mol. The first-order valence-electron chi connectivity index (χ1n) is 6.61. The number of carbonyl (C=O) groups excluding carboxylic acids is 1. The second-order valence-corrected chi connectivity index (χ2v) is 4.40. The third kappa shape index (κ3) is 5.99. The van der Waals surface area contributed by atoms with Crippen molar-refractivity contribution in [3.05, 3.63) is 41.0 Å². The molecule has 0 spiro atoms. The predicted molar refractivity (Wildman–Crippen MR) is 78.6 cm³/mol. The van der Waals surface area contributed by atoms with Gasteiger partial charge in [0.25, 0.3) is 11.6 Å². The Morgan fingerprint density at radius 2 is 2.22 bits per heavy atom. The number of benzene rings is 1. The summed E-state index contributed by atoms with van der Waals surface area (Å²) < 4.78 is 34.2. The normalized spacial score (nSPS) is 11.8. The summed E-state index contributed by atoms with van der Waals surface area (Å²) >= 11 is 0. The van der Waals surface area contributed by atoms with Crippen LogP contribution in [-0.2, 0) is 9.53 Å². The topological polar surface area (TPSA) is 90.7 Å². The van der Waals surface area contributed by atoms with Gasteiger partial charge in [0, 0.05) is 12.1 Å². The zero-order valence-electron chi connectivity index (χ0n) is 12.3. The summed E-state index contributed by atoms with van der Waals surface area (Å²) in [6.07, 6.45) is 1.27. The fourth-order valence-electron chi connectivity index (χ4n) is 1.57. The number of nitrogens with one attached hydrogen (secondary N) is 1. The number of amides is 1. The molecule has 1 rings (SSSR count). The number of nitro benzene ring substituents is 1. The summed E-state index contributed by atoms with van der Waals surface area (Å²) in [7, 11) is 0. The first-order chi connectivity index (χ1) is 10.8. The molecule has 0 bridgehead atoms. The number of non-ortho nitro benzene ring substituents is 1. The quantitative estimate of drug-likeness (QED) is 0.325. The van der Waals surface area contributed by atoms with Gasteiger partial charge in [0.15, 0.2) is 0 Å².